The largest absolute Gasteiger partial charge is 0.320 e. The van der Waals surface area contributed by atoms with E-state index in [0.717, 1.165) is 0 Å². The zero-order chi connectivity index (χ0) is 18.6. The highest BCUT2D eigenvalue weighted by Gasteiger charge is 2.42. The van der Waals surface area contributed by atoms with Gasteiger partial charge in [0.1, 0.15) is 0 Å². The Morgan fingerprint density at radius 3 is 1.46 bits per heavy atom. The van der Waals surface area contributed by atoms with Gasteiger partial charge in [0.05, 0.1) is 32.6 Å². The van der Waals surface area contributed by atoms with Crippen molar-refractivity contribution in [2.24, 2.45) is 0 Å². The Bertz CT molecular complexity index is 991. The maximum atomic E-state index is 14.4. The predicted octanol–water partition coefficient (Wildman–Crippen LogP) is 3.65. The average molecular weight is 393 g/mol. The van der Waals surface area contributed by atoms with Crippen molar-refractivity contribution in [1.29, 1.82) is 0 Å². The van der Waals surface area contributed by atoms with Crippen LogP contribution in [0.1, 0.15) is 11.1 Å². The molecule has 2 aliphatic heterocycles. The second-order valence-electron chi connectivity index (χ2n) is 5.61. The number of nitrogens with one attached hydrogen (secondary N) is 2. The summed E-state index contributed by atoms with van der Waals surface area (Å²) < 4.78 is 28.7. The molecule has 2 aromatic carbocycles. The first kappa shape index (κ1) is 16.8. The zero-order valence-corrected chi connectivity index (χ0v) is 14.3. The van der Waals surface area contributed by atoms with E-state index in [0.29, 0.717) is 0 Å². The standard InChI is InChI=1S/C18H8Cl2F2N2O2/c19-9-5-1-3-7(13(9)21)15-11-12(18(26)23-15)16(24-17(11)25)8-4-2-6-10(20)14(8)22/h1-6H,(H,23,26)(H,24,25). The molecule has 26 heavy (non-hydrogen) atoms. The fourth-order valence-electron chi connectivity index (χ4n) is 2.98. The van der Waals surface area contributed by atoms with Gasteiger partial charge in [-0.25, -0.2) is 8.78 Å². The number of benzene rings is 2. The van der Waals surface area contributed by atoms with Crippen LogP contribution in [0.3, 0.4) is 0 Å². The third-order valence-electron chi connectivity index (χ3n) is 4.12. The molecule has 4 rings (SSSR count). The van der Waals surface area contributed by atoms with Gasteiger partial charge in [-0.15, -0.1) is 0 Å². The summed E-state index contributed by atoms with van der Waals surface area (Å²) in [6, 6.07) is 8.45. The Labute approximate surface area is 156 Å². The molecule has 8 heteroatoms. The lowest BCUT2D eigenvalue weighted by Crippen LogP contribution is -2.22. The van der Waals surface area contributed by atoms with Gasteiger partial charge in [0.25, 0.3) is 11.8 Å². The first-order valence-electron chi connectivity index (χ1n) is 7.40. The van der Waals surface area contributed by atoms with Crippen molar-refractivity contribution in [3.8, 4) is 0 Å². The Morgan fingerprint density at radius 1 is 0.692 bits per heavy atom. The monoisotopic (exact) mass is 392 g/mol. The molecule has 4 nitrogen and oxygen atoms in total. The number of fused-ring (bicyclic) bond motifs is 1. The molecule has 0 unspecified atom stereocenters. The minimum atomic E-state index is -0.770. The number of amides is 2. The quantitative estimate of drug-likeness (QED) is 0.819. The molecule has 0 aliphatic carbocycles. The second-order valence-corrected chi connectivity index (χ2v) is 6.43. The number of hydrogen-bond acceptors (Lipinski definition) is 2. The van der Waals surface area contributed by atoms with Crippen LogP contribution in [0.15, 0.2) is 47.5 Å². The molecule has 0 bridgehead atoms. The first-order valence-corrected chi connectivity index (χ1v) is 8.16. The SMILES string of the molecule is O=C1NC(c2cccc(Cl)c2F)=C2C(=O)NC(c3cccc(Cl)c3F)=C12. The van der Waals surface area contributed by atoms with Gasteiger partial charge in [-0.05, 0) is 24.3 Å². The van der Waals surface area contributed by atoms with E-state index in [2.05, 4.69) is 10.6 Å². The van der Waals surface area contributed by atoms with Crippen LogP contribution in [0.5, 0.6) is 0 Å². The molecular weight excluding hydrogens is 385 g/mol. The molecule has 0 saturated heterocycles. The molecule has 130 valence electrons. The van der Waals surface area contributed by atoms with E-state index in [9.17, 15) is 18.4 Å². The van der Waals surface area contributed by atoms with Crippen LogP contribution >= 0.6 is 23.2 Å². The van der Waals surface area contributed by atoms with E-state index >= 15 is 0 Å². The third kappa shape index (κ3) is 2.34. The fourth-order valence-corrected chi connectivity index (χ4v) is 3.33. The van der Waals surface area contributed by atoms with Crippen LogP contribution in [-0.4, -0.2) is 11.8 Å². The van der Waals surface area contributed by atoms with Gasteiger partial charge in [0, 0.05) is 11.1 Å². The Balaban J connectivity index is 1.97. The highest BCUT2D eigenvalue weighted by atomic mass is 35.5. The molecule has 2 aliphatic rings. The zero-order valence-electron chi connectivity index (χ0n) is 12.8. The van der Waals surface area contributed by atoms with Gasteiger partial charge in [-0.3, -0.25) is 9.59 Å². The van der Waals surface area contributed by atoms with Crippen molar-refractivity contribution in [3.05, 3.63) is 80.4 Å². The van der Waals surface area contributed by atoms with Crippen LogP contribution < -0.4 is 10.6 Å². The van der Waals surface area contributed by atoms with Crippen LogP contribution in [0.4, 0.5) is 8.78 Å². The van der Waals surface area contributed by atoms with Crippen LogP contribution in [0.2, 0.25) is 10.0 Å². The number of rotatable bonds is 2. The highest BCUT2D eigenvalue weighted by molar-refractivity contribution is 6.33. The van der Waals surface area contributed by atoms with E-state index in [4.69, 9.17) is 23.2 Å². The minimum Gasteiger partial charge on any atom is -0.320 e. The van der Waals surface area contributed by atoms with Crippen molar-refractivity contribution in [2.45, 2.75) is 0 Å². The van der Waals surface area contributed by atoms with Gasteiger partial charge in [-0.2, -0.15) is 0 Å². The Kier molecular flexibility index (Phi) is 3.82. The Hall–Kier alpha value is -2.70. The summed E-state index contributed by atoms with van der Waals surface area (Å²) >= 11 is 11.6. The molecule has 2 N–H and O–H groups in total. The topological polar surface area (TPSA) is 58.2 Å². The van der Waals surface area contributed by atoms with Gasteiger partial charge >= 0.3 is 0 Å². The molecule has 2 heterocycles. The van der Waals surface area contributed by atoms with Crippen LogP contribution in [0, 0.1) is 11.6 Å². The Morgan fingerprint density at radius 2 is 1.08 bits per heavy atom. The summed E-state index contributed by atoms with van der Waals surface area (Å²) in [4.78, 5) is 24.9. The smallest absolute Gasteiger partial charge is 0.258 e. The summed E-state index contributed by atoms with van der Waals surface area (Å²) in [5.74, 6) is -2.84. The summed E-state index contributed by atoms with van der Waals surface area (Å²) in [5, 5.41) is 4.64. The van der Waals surface area contributed by atoms with E-state index in [1.165, 1.54) is 36.4 Å². The van der Waals surface area contributed by atoms with Gasteiger partial charge in [0.15, 0.2) is 11.6 Å². The number of carbonyl (C=O) groups excluding carboxylic acids is 2. The average Bonchev–Trinajstić information content (AvgIpc) is 3.12. The van der Waals surface area contributed by atoms with Crippen LogP contribution in [0.25, 0.3) is 11.4 Å². The molecule has 0 spiro atoms. The fraction of sp³-hybridized carbons (Fsp3) is 0. The normalized spacial score (nSPS) is 16.2. The van der Waals surface area contributed by atoms with E-state index in [-0.39, 0.29) is 43.7 Å². The summed E-state index contributed by atoms with van der Waals surface area (Å²) in [6.07, 6.45) is 0. The van der Waals surface area contributed by atoms with Gasteiger partial charge in [0.2, 0.25) is 0 Å². The maximum Gasteiger partial charge on any atom is 0.258 e. The number of hydrogen-bond donors (Lipinski definition) is 2. The summed E-state index contributed by atoms with van der Waals surface area (Å²) in [6.45, 7) is 0. The molecular formula is C18H8Cl2F2N2O2. The van der Waals surface area contributed by atoms with Crippen LogP contribution in [-0.2, 0) is 9.59 Å². The molecule has 0 radical (unpaired) electrons. The molecule has 0 saturated carbocycles. The lowest BCUT2D eigenvalue weighted by Gasteiger charge is -2.09. The van der Waals surface area contributed by atoms with E-state index in [1.54, 1.807) is 0 Å². The molecule has 2 aromatic rings. The van der Waals surface area contributed by atoms with Crippen molar-refractivity contribution in [1.82, 2.24) is 10.6 Å². The maximum absolute atomic E-state index is 14.4. The van der Waals surface area contributed by atoms with Crippen molar-refractivity contribution in [2.75, 3.05) is 0 Å². The van der Waals surface area contributed by atoms with Crippen molar-refractivity contribution >= 4 is 46.4 Å². The molecule has 0 aromatic heterocycles. The highest BCUT2D eigenvalue weighted by Crippen LogP contribution is 2.39. The van der Waals surface area contributed by atoms with Gasteiger partial charge in [-0.1, -0.05) is 35.3 Å². The minimum absolute atomic E-state index is 0.0139. The third-order valence-corrected chi connectivity index (χ3v) is 4.71. The molecule has 0 atom stereocenters. The molecule has 0 fully saturated rings. The van der Waals surface area contributed by atoms with Gasteiger partial charge < -0.3 is 10.6 Å². The summed E-state index contributed by atoms with van der Waals surface area (Å²) in [5.41, 5.74) is -0.214. The number of halogens is 4. The van der Waals surface area contributed by atoms with E-state index in [1.807, 2.05) is 0 Å². The van der Waals surface area contributed by atoms with Crippen molar-refractivity contribution in [3.63, 3.8) is 0 Å². The first-order chi connectivity index (χ1) is 12.4. The van der Waals surface area contributed by atoms with Crippen molar-refractivity contribution < 1.29 is 18.4 Å². The number of carbonyl (C=O) groups is 2. The second kappa shape index (κ2) is 5.93. The summed E-state index contributed by atoms with van der Waals surface area (Å²) in [7, 11) is 0. The predicted molar refractivity (Wildman–Crippen MR) is 92.9 cm³/mol. The molecule has 2 amide bonds. The van der Waals surface area contributed by atoms with E-state index < -0.39 is 23.4 Å². The lowest BCUT2D eigenvalue weighted by molar-refractivity contribution is -0.117. The lowest BCUT2D eigenvalue weighted by atomic mass is 10.0.